The number of aliphatic hydroxyl groups is 1. The second-order valence-corrected chi connectivity index (χ2v) is 3.69. The van der Waals surface area contributed by atoms with Crippen molar-refractivity contribution in [1.29, 1.82) is 0 Å². The van der Waals surface area contributed by atoms with Crippen LogP contribution in [0.5, 0.6) is 0 Å². The van der Waals surface area contributed by atoms with Crippen LogP contribution in [0.25, 0.3) is 0 Å². The Kier molecular flexibility index (Phi) is 4.98. The van der Waals surface area contributed by atoms with Crippen LogP contribution in [0.1, 0.15) is 37.0 Å². The molecule has 90 valence electrons. The molecule has 2 N–H and O–H groups in total. The van der Waals surface area contributed by atoms with Gasteiger partial charge in [0.2, 0.25) is 0 Å². The van der Waals surface area contributed by atoms with Gasteiger partial charge in [0.15, 0.2) is 0 Å². The average molecular weight is 225 g/mol. The van der Waals surface area contributed by atoms with E-state index in [2.05, 4.69) is 10.4 Å². The Balaban J connectivity index is 2.35. The molecule has 0 aliphatic carbocycles. The maximum absolute atomic E-state index is 11.6. The number of hydrogen-bond acceptors (Lipinski definition) is 3. The number of aliphatic hydroxyl groups excluding tert-OH is 1. The summed E-state index contributed by atoms with van der Waals surface area (Å²) in [7, 11) is 0. The van der Waals surface area contributed by atoms with Crippen LogP contribution in [0.15, 0.2) is 12.4 Å². The van der Waals surface area contributed by atoms with E-state index in [0.717, 1.165) is 6.54 Å². The molecule has 0 saturated heterocycles. The van der Waals surface area contributed by atoms with Gasteiger partial charge < -0.3 is 10.4 Å². The Hall–Kier alpha value is -1.36. The van der Waals surface area contributed by atoms with E-state index in [1.54, 1.807) is 17.1 Å². The molecule has 1 heterocycles. The van der Waals surface area contributed by atoms with Crippen molar-refractivity contribution < 1.29 is 9.90 Å². The Bertz CT molecular complexity index is 336. The smallest absolute Gasteiger partial charge is 0.254 e. The fourth-order valence-electron chi connectivity index (χ4n) is 1.31. The highest BCUT2D eigenvalue weighted by atomic mass is 16.3. The third-order valence-electron chi connectivity index (χ3n) is 2.45. The zero-order valence-electron chi connectivity index (χ0n) is 9.81. The molecule has 0 aliphatic rings. The van der Waals surface area contributed by atoms with E-state index in [4.69, 9.17) is 0 Å². The summed E-state index contributed by atoms with van der Waals surface area (Å²) in [5, 5.41) is 16.1. The molecule has 0 radical (unpaired) electrons. The summed E-state index contributed by atoms with van der Waals surface area (Å²) in [6.07, 6.45) is 4.23. The normalized spacial score (nSPS) is 12.4. The highest BCUT2D eigenvalue weighted by molar-refractivity contribution is 5.93. The molecule has 0 bridgehead atoms. The number of hydrogen-bond donors (Lipinski definition) is 2. The zero-order valence-corrected chi connectivity index (χ0v) is 9.81. The van der Waals surface area contributed by atoms with Gasteiger partial charge in [-0.05, 0) is 19.8 Å². The zero-order chi connectivity index (χ0) is 12.0. The fourth-order valence-corrected chi connectivity index (χ4v) is 1.31. The lowest BCUT2D eigenvalue weighted by Gasteiger charge is -2.07. The lowest BCUT2D eigenvalue weighted by atomic mass is 10.2. The van der Waals surface area contributed by atoms with Gasteiger partial charge in [0, 0.05) is 19.3 Å². The standard InChI is InChI=1S/C11H19N3O2/c1-3-10(15)5-6-12-11(16)9-7-13-14(4-2)8-9/h7-8,10,15H,3-6H2,1-2H3,(H,12,16). The number of nitrogens with one attached hydrogen (secondary N) is 1. The van der Waals surface area contributed by atoms with Crippen LogP contribution >= 0.6 is 0 Å². The minimum Gasteiger partial charge on any atom is -0.393 e. The molecule has 0 spiro atoms. The second-order valence-electron chi connectivity index (χ2n) is 3.69. The van der Waals surface area contributed by atoms with Crippen molar-refractivity contribution >= 4 is 5.91 Å². The molecule has 1 aromatic rings. The Labute approximate surface area is 95.5 Å². The molecule has 1 aromatic heterocycles. The van der Waals surface area contributed by atoms with Gasteiger partial charge >= 0.3 is 0 Å². The van der Waals surface area contributed by atoms with Gasteiger partial charge in [-0.3, -0.25) is 9.48 Å². The number of aryl methyl sites for hydroxylation is 1. The van der Waals surface area contributed by atoms with Crippen LogP contribution in [0, 0.1) is 0 Å². The van der Waals surface area contributed by atoms with Crippen molar-refractivity contribution in [3.05, 3.63) is 18.0 Å². The fraction of sp³-hybridized carbons (Fsp3) is 0.636. The van der Waals surface area contributed by atoms with E-state index in [1.807, 2.05) is 13.8 Å². The molecule has 0 saturated carbocycles. The lowest BCUT2D eigenvalue weighted by Crippen LogP contribution is -2.26. The van der Waals surface area contributed by atoms with Gasteiger partial charge in [0.25, 0.3) is 5.91 Å². The Morgan fingerprint density at radius 3 is 2.94 bits per heavy atom. The first-order valence-electron chi connectivity index (χ1n) is 5.66. The number of carbonyl (C=O) groups is 1. The van der Waals surface area contributed by atoms with Gasteiger partial charge in [-0.25, -0.2) is 0 Å². The number of carbonyl (C=O) groups excluding carboxylic acids is 1. The van der Waals surface area contributed by atoms with Gasteiger partial charge in [-0.2, -0.15) is 5.10 Å². The second kappa shape index (κ2) is 6.27. The van der Waals surface area contributed by atoms with Gasteiger partial charge in [-0.1, -0.05) is 6.92 Å². The van der Waals surface area contributed by atoms with E-state index in [9.17, 15) is 9.90 Å². The van der Waals surface area contributed by atoms with Gasteiger partial charge in [-0.15, -0.1) is 0 Å². The molecule has 1 unspecified atom stereocenters. The molecule has 1 rings (SSSR count). The molecule has 5 heteroatoms. The number of amides is 1. The first kappa shape index (κ1) is 12.7. The largest absolute Gasteiger partial charge is 0.393 e. The van der Waals surface area contributed by atoms with E-state index in [0.29, 0.717) is 24.9 Å². The van der Waals surface area contributed by atoms with Crippen LogP contribution in [-0.2, 0) is 6.54 Å². The minimum absolute atomic E-state index is 0.136. The summed E-state index contributed by atoms with van der Waals surface area (Å²) in [5.74, 6) is -0.136. The van der Waals surface area contributed by atoms with Crippen molar-refractivity contribution in [2.24, 2.45) is 0 Å². The Morgan fingerprint density at radius 1 is 1.62 bits per heavy atom. The number of nitrogens with zero attached hydrogens (tertiary/aromatic N) is 2. The van der Waals surface area contributed by atoms with Crippen molar-refractivity contribution in [3.8, 4) is 0 Å². The highest BCUT2D eigenvalue weighted by Gasteiger charge is 2.08. The van der Waals surface area contributed by atoms with Crippen molar-refractivity contribution in [3.63, 3.8) is 0 Å². The Morgan fingerprint density at radius 2 is 2.38 bits per heavy atom. The maximum atomic E-state index is 11.6. The van der Waals surface area contributed by atoms with Crippen LogP contribution in [0.4, 0.5) is 0 Å². The van der Waals surface area contributed by atoms with Crippen LogP contribution in [0.3, 0.4) is 0 Å². The van der Waals surface area contributed by atoms with E-state index in [1.165, 1.54) is 0 Å². The van der Waals surface area contributed by atoms with Crippen molar-refractivity contribution in [2.45, 2.75) is 39.3 Å². The number of rotatable bonds is 6. The van der Waals surface area contributed by atoms with Crippen molar-refractivity contribution in [1.82, 2.24) is 15.1 Å². The summed E-state index contributed by atoms with van der Waals surface area (Å²) in [6, 6.07) is 0. The van der Waals surface area contributed by atoms with Crippen LogP contribution in [0.2, 0.25) is 0 Å². The van der Waals surface area contributed by atoms with Gasteiger partial charge in [0.05, 0.1) is 17.9 Å². The lowest BCUT2D eigenvalue weighted by molar-refractivity contribution is 0.0942. The number of aromatic nitrogens is 2. The third kappa shape index (κ3) is 3.66. The molecule has 1 amide bonds. The summed E-state index contributed by atoms with van der Waals surface area (Å²) in [4.78, 5) is 11.6. The monoisotopic (exact) mass is 225 g/mol. The van der Waals surface area contributed by atoms with Crippen molar-refractivity contribution in [2.75, 3.05) is 6.54 Å². The summed E-state index contributed by atoms with van der Waals surface area (Å²) in [5.41, 5.74) is 0.563. The predicted molar refractivity (Wildman–Crippen MR) is 61.1 cm³/mol. The molecule has 0 fully saturated rings. The molecule has 0 aromatic carbocycles. The molecule has 1 atom stereocenters. The summed E-state index contributed by atoms with van der Waals surface area (Å²) in [6.45, 7) is 5.12. The van der Waals surface area contributed by atoms with Gasteiger partial charge in [0.1, 0.15) is 0 Å². The predicted octanol–water partition coefficient (Wildman–Crippen LogP) is 0.794. The first-order chi connectivity index (χ1) is 7.67. The average Bonchev–Trinajstić information content (AvgIpc) is 2.77. The summed E-state index contributed by atoms with van der Waals surface area (Å²) < 4.78 is 1.70. The van der Waals surface area contributed by atoms with E-state index < -0.39 is 0 Å². The van der Waals surface area contributed by atoms with Crippen LogP contribution in [-0.4, -0.2) is 33.4 Å². The topological polar surface area (TPSA) is 67.2 Å². The minimum atomic E-state index is -0.335. The van der Waals surface area contributed by atoms with Crippen LogP contribution < -0.4 is 5.32 Å². The summed E-state index contributed by atoms with van der Waals surface area (Å²) >= 11 is 0. The quantitative estimate of drug-likeness (QED) is 0.752. The molecule has 0 aliphatic heterocycles. The molecule has 16 heavy (non-hydrogen) atoms. The van der Waals surface area contributed by atoms with E-state index in [-0.39, 0.29) is 12.0 Å². The molecular formula is C11H19N3O2. The SMILES string of the molecule is CCC(O)CCNC(=O)c1cnn(CC)c1. The molecular weight excluding hydrogens is 206 g/mol. The highest BCUT2D eigenvalue weighted by Crippen LogP contribution is 1.99. The molecule has 5 nitrogen and oxygen atoms in total. The third-order valence-corrected chi connectivity index (χ3v) is 2.45. The maximum Gasteiger partial charge on any atom is 0.254 e. The first-order valence-corrected chi connectivity index (χ1v) is 5.66. The van der Waals surface area contributed by atoms with E-state index >= 15 is 0 Å².